The molecule has 0 fully saturated rings. The Labute approximate surface area is 144 Å². The van der Waals surface area contributed by atoms with Crippen LogP contribution in [-0.2, 0) is 6.54 Å². The number of fused-ring (bicyclic) bond motifs is 1. The van der Waals surface area contributed by atoms with E-state index in [2.05, 4.69) is 9.97 Å². The summed E-state index contributed by atoms with van der Waals surface area (Å²) in [7, 11) is 0. The number of aromatic nitrogens is 5. The van der Waals surface area contributed by atoms with Crippen LogP contribution in [0.4, 0.5) is 0 Å². The van der Waals surface area contributed by atoms with E-state index in [1.807, 2.05) is 59.6 Å². The maximum atomic E-state index is 6.50. The molecule has 3 heterocycles. The van der Waals surface area contributed by atoms with E-state index < -0.39 is 0 Å². The van der Waals surface area contributed by atoms with Gasteiger partial charge in [-0.15, -0.1) is 0 Å². The van der Waals surface area contributed by atoms with Gasteiger partial charge < -0.3 is 4.57 Å². The van der Waals surface area contributed by atoms with Gasteiger partial charge in [-0.05, 0) is 38.1 Å². The Hall–Kier alpha value is -2.66. The zero-order valence-corrected chi connectivity index (χ0v) is 14.2. The summed E-state index contributed by atoms with van der Waals surface area (Å²) < 4.78 is 3.90. The van der Waals surface area contributed by atoms with Gasteiger partial charge in [0.25, 0.3) is 0 Å². The fourth-order valence-electron chi connectivity index (χ4n) is 3.02. The maximum Gasteiger partial charge on any atom is 0.0991 e. The summed E-state index contributed by atoms with van der Waals surface area (Å²) in [5.74, 6) is 0. The van der Waals surface area contributed by atoms with Gasteiger partial charge in [-0.3, -0.25) is 9.67 Å². The van der Waals surface area contributed by atoms with Gasteiger partial charge in [-0.2, -0.15) is 5.10 Å². The molecule has 0 saturated heterocycles. The van der Waals surface area contributed by atoms with E-state index in [1.54, 1.807) is 12.5 Å². The van der Waals surface area contributed by atoms with Crippen LogP contribution in [0.3, 0.4) is 0 Å². The highest BCUT2D eigenvalue weighted by molar-refractivity contribution is 6.35. The minimum Gasteiger partial charge on any atom is -0.306 e. The lowest BCUT2D eigenvalue weighted by molar-refractivity contribution is 0.687. The molecule has 3 aromatic heterocycles. The van der Waals surface area contributed by atoms with Crippen molar-refractivity contribution in [3.63, 3.8) is 0 Å². The Bertz CT molecular complexity index is 1020. The van der Waals surface area contributed by atoms with E-state index in [9.17, 15) is 0 Å². The number of benzene rings is 1. The van der Waals surface area contributed by atoms with Gasteiger partial charge in [0, 0.05) is 23.5 Å². The number of imidazole rings is 1. The lowest BCUT2D eigenvalue weighted by Crippen LogP contribution is -2.04. The molecule has 0 atom stereocenters. The highest BCUT2D eigenvalue weighted by Gasteiger charge is 2.16. The van der Waals surface area contributed by atoms with Gasteiger partial charge in [0.2, 0.25) is 0 Å². The van der Waals surface area contributed by atoms with Gasteiger partial charge in [0.15, 0.2) is 0 Å². The second-order valence-electron chi connectivity index (χ2n) is 5.77. The second kappa shape index (κ2) is 5.76. The highest BCUT2D eigenvalue weighted by atomic mass is 35.5. The van der Waals surface area contributed by atoms with E-state index >= 15 is 0 Å². The number of aryl methyl sites for hydroxylation is 2. The normalized spacial score (nSPS) is 11.3. The van der Waals surface area contributed by atoms with Gasteiger partial charge >= 0.3 is 0 Å². The molecule has 0 saturated carbocycles. The number of halogens is 1. The number of hydrogen-bond donors (Lipinski definition) is 0. The zero-order chi connectivity index (χ0) is 16.7. The summed E-state index contributed by atoms with van der Waals surface area (Å²) in [5, 5.41) is 6.42. The van der Waals surface area contributed by atoms with Crippen LogP contribution in [0, 0.1) is 13.8 Å². The molecular formula is C18H16ClN5. The molecule has 6 heteroatoms. The Morgan fingerprint density at radius 2 is 2.00 bits per heavy atom. The number of rotatable bonds is 3. The first-order chi connectivity index (χ1) is 11.6. The van der Waals surface area contributed by atoms with Crippen LogP contribution in [0.15, 0.2) is 49.1 Å². The zero-order valence-electron chi connectivity index (χ0n) is 13.4. The first kappa shape index (κ1) is 14.9. The Morgan fingerprint density at radius 3 is 2.75 bits per heavy atom. The van der Waals surface area contributed by atoms with Gasteiger partial charge in [-0.1, -0.05) is 17.7 Å². The van der Waals surface area contributed by atoms with Crippen LogP contribution in [-0.4, -0.2) is 24.3 Å². The molecule has 0 N–H and O–H groups in total. The molecule has 4 rings (SSSR count). The van der Waals surface area contributed by atoms with Crippen LogP contribution < -0.4 is 0 Å². The monoisotopic (exact) mass is 337 g/mol. The lowest BCUT2D eigenvalue weighted by Gasteiger charge is -2.08. The summed E-state index contributed by atoms with van der Waals surface area (Å²) in [4.78, 5) is 8.70. The SMILES string of the molecule is Cc1cccc(Cn2nc(C)c3c(-n4ccnc4)ccc(Cl)c32)n1. The van der Waals surface area contributed by atoms with E-state index in [0.717, 1.165) is 33.7 Å². The average molecular weight is 338 g/mol. The van der Waals surface area contributed by atoms with Crippen LogP contribution in [0.5, 0.6) is 0 Å². The van der Waals surface area contributed by atoms with Crippen molar-refractivity contribution in [1.29, 1.82) is 0 Å². The average Bonchev–Trinajstić information content (AvgIpc) is 3.18. The minimum atomic E-state index is 0.582. The van der Waals surface area contributed by atoms with Crippen LogP contribution in [0.25, 0.3) is 16.6 Å². The fourth-order valence-corrected chi connectivity index (χ4v) is 3.27. The third-order valence-corrected chi connectivity index (χ3v) is 4.34. The predicted octanol–water partition coefficient (Wildman–Crippen LogP) is 3.94. The summed E-state index contributed by atoms with van der Waals surface area (Å²) in [6, 6.07) is 9.90. The first-order valence-electron chi connectivity index (χ1n) is 7.70. The molecule has 0 bridgehead atoms. The van der Waals surface area contributed by atoms with Crippen molar-refractivity contribution in [3.8, 4) is 5.69 Å². The largest absolute Gasteiger partial charge is 0.306 e. The number of pyridine rings is 1. The highest BCUT2D eigenvalue weighted by Crippen LogP contribution is 2.31. The predicted molar refractivity (Wildman–Crippen MR) is 94.7 cm³/mol. The van der Waals surface area contributed by atoms with E-state index in [0.29, 0.717) is 11.6 Å². The molecule has 0 aliphatic rings. The molecule has 1 aromatic carbocycles. The molecule has 5 nitrogen and oxygen atoms in total. The maximum absolute atomic E-state index is 6.50. The molecule has 0 aliphatic heterocycles. The molecule has 24 heavy (non-hydrogen) atoms. The van der Waals surface area contributed by atoms with Crippen LogP contribution in [0.2, 0.25) is 5.02 Å². The molecule has 0 unspecified atom stereocenters. The van der Waals surface area contributed by atoms with Crippen molar-refractivity contribution < 1.29 is 0 Å². The van der Waals surface area contributed by atoms with Crippen molar-refractivity contribution in [2.75, 3.05) is 0 Å². The number of hydrogen-bond acceptors (Lipinski definition) is 3. The third kappa shape index (κ3) is 2.47. The van der Waals surface area contributed by atoms with Crippen LogP contribution >= 0.6 is 11.6 Å². The summed E-state index contributed by atoms with van der Waals surface area (Å²) >= 11 is 6.50. The van der Waals surface area contributed by atoms with Crippen molar-refractivity contribution in [2.24, 2.45) is 0 Å². The van der Waals surface area contributed by atoms with Crippen molar-refractivity contribution in [3.05, 3.63) is 71.2 Å². The summed E-state index contributed by atoms with van der Waals surface area (Å²) in [6.45, 7) is 4.57. The third-order valence-electron chi connectivity index (χ3n) is 4.04. The topological polar surface area (TPSA) is 48.5 Å². The van der Waals surface area contributed by atoms with Crippen LogP contribution in [0.1, 0.15) is 17.1 Å². The quantitative estimate of drug-likeness (QED) is 0.569. The molecular weight excluding hydrogens is 322 g/mol. The minimum absolute atomic E-state index is 0.582. The van der Waals surface area contributed by atoms with E-state index in [4.69, 9.17) is 16.7 Å². The molecule has 0 amide bonds. The first-order valence-corrected chi connectivity index (χ1v) is 8.08. The van der Waals surface area contributed by atoms with Gasteiger partial charge in [-0.25, -0.2) is 4.98 Å². The Morgan fingerprint density at radius 1 is 1.12 bits per heavy atom. The van der Waals surface area contributed by atoms with Crippen molar-refractivity contribution in [2.45, 2.75) is 20.4 Å². The Kier molecular flexibility index (Phi) is 3.58. The van der Waals surface area contributed by atoms with Crippen molar-refractivity contribution in [1.82, 2.24) is 24.3 Å². The van der Waals surface area contributed by atoms with E-state index in [1.165, 1.54) is 0 Å². The fraction of sp³-hybridized carbons (Fsp3) is 0.167. The van der Waals surface area contributed by atoms with Crippen molar-refractivity contribution >= 4 is 22.5 Å². The molecule has 4 aromatic rings. The summed E-state index contributed by atoms with van der Waals surface area (Å²) in [6.07, 6.45) is 5.46. The molecule has 0 radical (unpaired) electrons. The summed E-state index contributed by atoms with van der Waals surface area (Å²) in [5.41, 5.74) is 4.83. The van der Waals surface area contributed by atoms with E-state index in [-0.39, 0.29) is 0 Å². The molecule has 0 spiro atoms. The smallest absolute Gasteiger partial charge is 0.0991 e. The Balaban J connectivity index is 1.90. The second-order valence-corrected chi connectivity index (χ2v) is 6.18. The molecule has 120 valence electrons. The van der Waals surface area contributed by atoms with Gasteiger partial charge in [0.1, 0.15) is 0 Å². The standard InChI is InChI=1S/C18H16ClN5/c1-12-4-3-5-14(21-12)10-24-18-15(19)6-7-16(17(18)13(2)22-24)23-9-8-20-11-23/h3-9,11H,10H2,1-2H3. The van der Waals surface area contributed by atoms with Gasteiger partial charge in [0.05, 0.1) is 40.5 Å². The molecule has 0 aliphatic carbocycles. The lowest BCUT2D eigenvalue weighted by atomic mass is 10.1. The number of nitrogens with zero attached hydrogens (tertiary/aromatic N) is 5.